The van der Waals surface area contributed by atoms with E-state index in [1.807, 2.05) is 0 Å². The first-order valence-corrected chi connectivity index (χ1v) is 11.5. The van der Waals surface area contributed by atoms with Crippen molar-refractivity contribution in [1.82, 2.24) is 15.1 Å². The number of amides is 1. The lowest BCUT2D eigenvalue weighted by molar-refractivity contribution is 0.0740. The van der Waals surface area contributed by atoms with Gasteiger partial charge in [0, 0.05) is 22.7 Å². The molecule has 3 N–H and O–H groups in total. The first kappa shape index (κ1) is 22.5. The third-order valence-electron chi connectivity index (χ3n) is 5.67. The maximum Gasteiger partial charge on any atom is 0.273 e. The molecule has 0 spiro atoms. The summed E-state index contributed by atoms with van der Waals surface area (Å²) in [6, 6.07) is 7.73. The molecule has 0 aliphatic carbocycles. The van der Waals surface area contributed by atoms with Crippen LogP contribution in [0, 0.1) is 0 Å². The van der Waals surface area contributed by atoms with Crippen molar-refractivity contribution in [3.05, 3.63) is 56.6 Å². The van der Waals surface area contributed by atoms with Crippen LogP contribution in [-0.4, -0.2) is 44.9 Å². The molecule has 1 amide bonds. The number of aromatic hydroxyl groups is 2. The number of hydrogen-bond donors (Lipinski definition) is 3. The van der Waals surface area contributed by atoms with Gasteiger partial charge in [-0.25, -0.2) is 0 Å². The van der Waals surface area contributed by atoms with E-state index in [-0.39, 0.29) is 17.4 Å². The molecule has 2 aromatic carbocycles. The summed E-state index contributed by atoms with van der Waals surface area (Å²) < 4.78 is 5.80. The standard InChI is InChI=1S/C23H23BrClN3O4/c1-3-4-5-8-28-21(12-9-15(24)22(30)17(10-12)32-2)18-19(26-27-20(18)23(28)31)14-11-13(25)6-7-16(14)29/h6-7,9-11,21,29-30H,3-5,8H2,1-2H3,(H,26,27). The first-order valence-electron chi connectivity index (χ1n) is 10.3. The van der Waals surface area contributed by atoms with E-state index in [0.717, 1.165) is 24.8 Å². The van der Waals surface area contributed by atoms with E-state index in [2.05, 4.69) is 33.1 Å². The highest BCUT2D eigenvalue weighted by molar-refractivity contribution is 9.10. The number of methoxy groups -OCH3 is 1. The number of hydrogen-bond acceptors (Lipinski definition) is 5. The van der Waals surface area contributed by atoms with Crippen molar-refractivity contribution in [2.45, 2.75) is 32.2 Å². The van der Waals surface area contributed by atoms with Crippen molar-refractivity contribution < 1.29 is 19.7 Å². The van der Waals surface area contributed by atoms with Gasteiger partial charge in [-0.15, -0.1) is 0 Å². The summed E-state index contributed by atoms with van der Waals surface area (Å²) in [4.78, 5) is 15.1. The number of carbonyl (C=O) groups is 1. The van der Waals surface area contributed by atoms with Crippen LogP contribution in [0.3, 0.4) is 0 Å². The Hall–Kier alpha value is -2.71. The van der Waals surface area contributed by atoms with Crippen LogP contribution >= 0.6 is 27.5 Å². The summed E-state index contributed by atoms with van der Waals surface area (Å²) in [5.74, 6) is 0.131. The molecule has 1 aliphatic rings. The lowest BCUT2D eigenvalue weighted by atomic mass is 9.95. The van der Waals surface area contributed by atoms with Gasteiger partial charge < -0.3 is 19.8 Å². The quantitative estimate of drug-likeness (QED) is 0.350. The summed E-state index contributed by atoms with van der Waals surface area (Å²) in [5.41, 5.74) is 2.68. The van der Waals surface area contributed by atoms with E-state index in [9.17, 15) is 15.0 Å². The van der Waals surface area contributed by atoms with Crippen LogP contribution in [0.5, 0.6) is 17.2 Å². The number of phenolic OH excluding ortho intramolecular Hbond substituents is 2. The van der Waals surface area contributed by atoms with Crippen molar-refractivity contribution in [2.75, 3.05) is 13.7 Å². The second-order valence-corrected chi connectivity index (χ2v) is 8.97. The Morgan fingerprint density at radius 1 is 1.25 bits per heavy atom. The van der Waals surface area contributed by atoms with E-state index >= 15 is 0 Å². The lowest BCUT2D eigenvalue weighted by Gasteiger charge is -2.27. The third kappa shape index (κ3) is 3.82. The highest BCUT2D eigenvalue weighted by Crippen LogP contribution is 2.47. The molecule has 9 heteroatoms. The maximum absolute atomic E-state index is 13.4. The molecule has 1 aromatic heterocycles. The van der Waals surface area contributed by atoms with Crippen molar-refractivity contribution >= 4 is 33.4 Å². The van der Waals surface area contributed by atoms with Gasteiger partial charge >= 0.3 is 0 Å². The number of aromatic amines is 1. The Morgan fingerprint density at radius 3 is 2.75 bits per heavy atom. The number of phenols is 2. The Balaban J connectivity index is 1.91. The van der Waals surface area contributed by atoms with Gasteiger partial charge in [0.1, 0.15) is 17.1 Å². The van der Waals surface area contributed by atoms with Gasteiger partial charge in [0.25, 0.3) is 5.91 Å². The number of unbranched alkanes of at least 4 members (excludes halogenated alkanes) is 2. The smallest absolute Gasteiger partial charge is 0.273 e. The average molecular weight is 521 g/mol. The molecule has 3 aromatic rings. The summed E-state index contributed by atoms with van der Waals surface area (Å²) >= 11 is 9.57. The van der Waals surface area contributed by atoms with Gasteiger partial charge in [0.2, 0.25) is 0 Å². The molecule has 32 heavy (non-hydrogen) atoms. The zero-order valence-electron chi connectivity index (χ0n) is 17.7. The van der Waals surface area contributed by atoms with E-state index in [4.69, 9.17) is 16.3 Å². The minimum absolute atomic E-state index is 0.0155. The number of halogens is 2. The van der Waals surface area contributed by atoms with Crippen LogP contribution in [0.1, 0.15) is 53.8 Å². The molecule has 7 nitrogen and oxygen atoms in total. The largest absolute Gasteiger partial charge is 0.507 e. The Morgan fingerprint density at radius 2 is 2.03 bits per heavy atom. The van der Waals surface area contributed by atoms with Gasteiger partial charge in [-0.2, -0.15) is 5.10 Å². The Labute approximate surface area is 199 Å². The predicted octanol–water partition coefficient (Wildman–Crippen LogP) is 5.65. The lowest BCUT2D eigenvalue weighted by Crippen LogP contribution is -2.30. The van der Waals surface area contributed by atoms with Crippen LogP contribution in [0.2, 0.25) is 5.02 Å². The number of nitrogens with one attached hydrogen (secondary N) is 1. The number of fused-ring (bicyclic) bond motifs is 1. The second-order valence-electron chi connectivity index (χ2n) is 7.68. The monoisotopic (exact) mass is 519 g/mol. The van der Waals surface area contributed by atoms with Gasteiger partial charge in [-0.3, -0.25) is 9.89 Å². The summed E-state index contributed by atoms with van der Waals surface area (Å²) in [7, 11) is 1.48. The SMILES string of the molecule is CCCCCN1C(=O)c2[nH]nc(-c3cc(Cl)ccc3O)c2C1c1cc(Br)c(O)c(OC)c1. The minimum Gasteiger partial charge on any atom is -0.507 e. The van der Waals surface area contributed by atoms with Crippen LogP contribution in [0.25, 0.3) is 11.3 Å². The molecular weight excluding hydrogens is 498 g/mol. The molecule has 0 fully saturated rings. The van der Waals surface area contributed by atoms with Gasteiger partial charge in [-0.1, -0.05) is 31.4 Å². The fourth-order valence-electron chi connectivity index (χ4n) is 4.12. The number of rotatable bonds is 7. The normalized spacial score (nSPS) is 15.3. The molecule has 0 radical (unpaired) electrons. The fraction of sp³-hybridized carbons (Fsp3) is 0.304. The second kappa shape index (κ2) is 9.03. The molecule has 4 rings (SSSR count). The van der Waals surface area contributed by atoms with Gasteiger partial charge in [0.05, 0.1) is 17.6 Å². The number of H-pyrrole nitrogens is 1. The molecule has 2 heterocycles. The average Bonchev–Trinajstić information content (AvgIpc) is 3.31. The maximum atomic E-state index is 13.4. The first-order chi connectivity index (χ1) is 15.4. The van der Waals surface area contributed by atoms with Crippen molar-refractivity contribution in [1.29, 1.82) is 0 Å². The highest BCUT2D eigenvalue weighted by Gasteiger charge is 2.42. The molecule has 0 saturated carbocycles. The molecule has 1 atom stereocenters. The number of benzene rings is 2. The highest BCUT2D eigenvalue weighted by atomic mass is 79.9. The summed E-state index contributed by atoms with van der Waals surface area (Å²) in [6.07, 6.45) is 2.87. The fourth-order valence-corrected chi connectivity index (χ4v) is 4.75. The van der Waals surface area contributed by atoms with E-state index in [1.165, 1.54) is 13.2 Å². The minimum atomic E-state index is -0.479. The zero-order valence-corrected chi connectivity index (χ0v) is 20.0. The van der Waals surface area contributed by atoms with E-state index < -0.39 is 6.04 Å². The Kier molecular flexibility index (Phi) is 6.35. The van der Waals surface area contributed by atoms with Crippen LogP contribution in [0.4, 0.5) is 0 Å². The van der Waals surface area contributed by atoms with E-state index in [1.54, 1.807) is 29.2 Å². The van der Waals surface area contributed by atoms with Gasteiger partial charge in [-0.05, 0) is 58.2 Å². The molecule has 1 unspecified atom stereocenters. The third-order valence-corrected chi connectivity index (χ3v) is 6.51. The number of carbonyl (C=O) groups excluding carboxylic acids is 1. The summed E-state index contributed by atoms with van der Waals surface area (Å²) in [5, 5.41) is 28.5. The van der Waals surface area contributed by atoms with E-state index in [0.29, 0.717) is 44.3 Å². The Bertz CT molecular complexity index is 1180. The van der Waals surface area contributed by atoms with Crippen molar-refractivity contribution in [3.63, 3.8) is 0 Å². The zero-order chi connectivity index (χ0) is 23.0. The molecular formula is C23H23BrClN3O4. The van der Waals surface area contributed by atoms with Crippen molar-refractivity contribution in [2.24, 2.45) is 0 Å². The molecule has 0 saturated heterocycles. The number of nitrogens with zero attached hydrogens (tertiary/aromatic N) is 2. The topological polar surface area (TPSA) is 98.7 Å². The molecule has 0 bridgehead atoms. The predicted molar refractivity (Wildman–Crippen MR) is 125 cm³/mol. The summed E-state index contributed by atoms with van der Waals surface area (Å²) in [6.45, 7) is 2.67. The number of ether oxygens (including phenoxy) is 1. The molecule has 1 aliphatic heterocycles. The number of aromatic nitrogens is 2. The van der Waals surface area contributed by atoms with Crippen molar-refractivity contribution in [3.8, 4) is 28.5 Å². The van der Waals surface area contributed by atoms with Gasteiger partial charge in [0.15, 0.2) is 11.5 Å². The van der Waals surface area contributed by atoms with Crippen LogP contribution < -0.4 is 4.74 Å². The van der Waals surface area contributed by atoms with Crippen LogP contribution in [0.15, 0.2) is 34.8 Å². The molecule has 168 valence electrons. The van der Waals surface area contributed by atoms with Crippen LogP contribution in [-0.2, 0) is 0 Å².